The normalized spacial score (nSPS) is 10.9. The fourth-order valence-electron chi connectivity index (χ4n) is 2.04. The lowest BCUT2D eigenvalue weighted by Gasteiger charge is -2.13. The van der Waals surface area contributed by atoms with E-state index in [4.69, 9.17) is 4.74 Å². The first-order valence-electron chi connectivity index (χ1n) is 7.14. The Kier molecular flexibility index (Phi) is 4.93. The standard InChI is InChI=1S/C17H21N3O/c1-5-9-13-10-7-8-11-14(13)21-17-12(3)16(18-4)19-15(6-2)20-17/h5,7-11H,6H2,1-4H3,(H,18,19,20)/b9-5+. The second kappa shape index (κ2) is 6.88. The van der Waals surface area contributed by atoms with E-state index in [0.29, 0.717) is 5.88 Å². The molecule has 2 aromatic rings. The second-order valence-corrected chi connectivity index (χ2v) is 4.66. The van der Waals surface area contributed by atoms with Gasteiger partial charge in [0.2, 0.25) is 5.88 Å². The van der Waals surface area contributed by atoms with Crippen LogP contribution < -0.4 is 10.1 Å². The maximum absolute atomic E-state index is 6.04. The molecule has 4 nitrogen and oxygen atoms in total. The van der Waals surface area contributed by atoms with Gasteiger partial charge in [0.15, 0.2) is 0 Å². The van der Waals surface area contributed by atoms with Crippen LogP contribution in [0.3, 0.4) is 0 Å². The fourth-order valence-corrected chi connectivity index (χ4v) is 2.04. The maximum atomic E-state index is 6.04. The van der Waals surface area contributed by atoms with Crippen molar-refractivity contribution in [2.24, 2.45) is 0 Å². The van der Waals surface area contributed by atoms with Crippen molar-refractivity contribution in [2.75, 3.05) is 12.4 Å². The number of nitrogens with one attached hydrogen (secondary N) is 1. The summed E-state index contributed by atoms with van der Waals surface area (Å²) in [6, 6.07) is 7.91. The predicted molar refractivity (Wildman–Crippen MR) is 86.9 cm³/mol. The highest BCUT2D eigenvalue weighted by molar-refractivity contribution is 5.58. The number of nitrogens with zero attached hydrogens (tertiary/aromatic N) is 2. The number of allylic oxidation sites excluding steroid dienone is 1. The van der Waals surface area contributed by atoms with E-state index < -0.39 is 0 Å². The van der Waals surface area contributed by atoms with Crippen molar-refractivity contribution in [1.29, 1.82) is 0 Å². The van der Waals surface area contributed by atoms with Gasteiger partial charge < -0.3 is 10.1 Å². The summed E-state index contributed by atoms with van der Waals surface area (Å²) in [4.78, 5) is 8.95. The van der Waals surface area contributed by atoms with Crippen molar-refractivity contribution in [1.82, 2.24) is 9.97 Å². The molecule has 0 atom stereocenters. The van der Waals surface area contributed by atoms with Gasteiger partial charge in [0, 0.05) is 19.0 Å². The highest BCUT2D eigenvalue weighted by atomic mass is 16.5. The molecule has 0 amide bonds. The molecule has 4 heteroatoms. The Hall–Kier alpha value is -2.36. The van der Waals surface area contributed by atoms with Crippen LogP contribution in [-0.4, -0.2) is 17.0 Å². The first kappa shape index (κ1) is 15.0. The molecule has 0 unspecified atom stereocenters. The van der Waals surface area contributed by atoms with Crippen LogP contribution >= 0.6 is 0 Å². The smallest absolute Gasteiger partial charge is 0.227 e. The molecular weight excluding hydrogens is 262 g/mol. The molecule has 2 rings (SSSR count). The van der Waals surface area contributed by atoms with Crippen molar-refractivity contribution in [3.05, 3.63) is 47.3 Å². The topological polar surface area (TPSA) is 47.0 Å². The molecule has 0 fully saturated rings. The van der Waals surface area contributed by atoms with E-state index in [-0.39, 0.29) is 0 Å². The van der Waals surface area contributed by atoms with Gasteiger partial charge in [0.05, 0.1) is 5.56 Å². The Morgan fingerprint density at radius 3 is 2.67 bits per heavy atom. The van der Waals surface area contributed by atoms with Crippen LogP contribution in [0.1, 0.15) is 30.8 Å². The lowest BCUT2D eigenvalue weighted by molar-refractivity contribution is 0.454. The lowest BCUT2D eigenvalue weighted by atomic mass is 10.2. The van der Waals surface area contributed by atoms with E-state index in [1.165, 1.54) is 0 Å². The van der Waals surface area contributed by atoms with E-state index in [9.17, 15) is 0 Å². The van der Waals surface area contributed by atoms with E-state index in [1.807, 2.05) is 64.2 Å². The third kappa shape index (κ3) is 3.40. The van der Waals surface area contributed by atoms with Crippen LogP contribution in [0.25, 0.3) is 6.08 Å². The summed E-state index contributed by atoms with van der Waals surface area (Å²) in [5, 5.41) is 3.09. The maximum Gasteiger partial charge on any atom is 0.227 e. The Morgan fingerprint density at radius 2 is 2.00 bits per heavy atom. The number of anilines is 1. The molecule has 0 aliphatic carbocycles. The number of ether oxygens (including phenoxy) is 1. The average molecular weight is 283 g/mol. The lowest BCUT2D eigenvalue weighted by Crippen LogP contribution is -2.05. The zero-order chi connectivity index (χ0) is 15.2. The van der Waals surface area contributed by atoms with E-state index >= 15 is 0 Å². The van der Waals surface area contributed by atoms with Gasteiger partial charge in [-0.2, -0.15) is 4.98 Å². The minimum atomic E-state index is 0.600. The van der Waals surface area contributed by atoms with Crippen LogP contribution in [0.5, 0.6) is 11.6 Å². The summed E-state index contributed by atoms with van der Waals surface area (Å²) in [6.07, 6.45) is 4.78. The van der Waals surface area contributed by atoms with Crippen molar-refractivity contribution >= 4 is 11.9 Å². The summed E-state index contributed by atoms with van der Waals surface area (Å²) >= 11 is 0. The van der Waals surface area contributed by atoms with Crippen molar-refractivity contribution in [3.8, 4) is 11.6 Å². The number of hydrogen-bond donors (Lipinski definition) is 1. The van der Waals surface area contributed by atoms with Crippen molar-refractivity contribution in [3.63, 3.8) is 0 Å². The first-order valence-corrected chi connectivity index (χ1v) is 7.14. The zero-order valence-corrected chi connectivity index (χ0v) is 13.0. The summed E-state index contributed by atoms with van der Waals surface area (Å²) in [6.45, 7) is 5.97. The Balaban J connectivity index is 2.44. The third-order valence-electron chi connectivity index (χ3n) is 3.17. The second-order valence-electron chi connectivity index (χ2n) is 4.66. The molecule has 0 saturated carbocycles. The van der Waals surface area contributed by atoms with Crippen LogP contribution in [0, 0.1) is 6.92 Å². The van der Waals surface area contributed by atoms with Crippen LogP contribution in [0.2, 0.25) is 0 Å². The van der Waals surface area contributed by atoms with Crippen molar-refractivity contribution < 1.29 is 4.74 Å². The molecule has 1 N–H and O–H groups in total. The molecule has 0 aliphatic rings. The monoisotopic (exact) mass is 283 g/mol. The van der Waals surface area contributed by atoms with E-state index in [0.717, 1.165) is 34.9 Å². The molecule has 1 aromatic carbocycles. The molecule has 0 radical (unpaired) electrons. The van der Waals surface area contributed by atoms with Gasteiger partial charge in [-0.15, -0.1) is 0 Å². The van der Waals surface area contributed by atoms with Gasteiger partial charge in [-0.3, -0.25) is 0 Å². The number of aryl methyl sites for hydroxylation is 1. The van der Waals surface area contributed by atoms with Crippen LogP contribution in [0.4, 0.5) is 5.82 Å². The number of para-hydroxylation sites is 1. The molecule has 0 bridgehead atoms. The number of aromatic nitrogens is 2. The number of hydrogen-bond acceptors (Lipinski definition) is 4. The summed E-state index contributed by atoms with van der Waals surface area (Å²) in [7, 11) is 1.85. The summed E-state index contributed by atoms with van der Waals surface area (Å²) < 4.78 is 6.04. The Morgan fingerprint density at radius 1 is 1.24 bits per heavy atom. The molecule has 110 valence electrons. The van der Waals surface area contributed by atoms with Crippen LogP contribution in [0.15, 0.2) is 30.3 Å². The van der Waals surface area contributed by atoms with Crippen molar-refractivity contribution in [2.45, 2.75) is 27.2 Å². The quantitative estimate of drug-likeness (QED) is 0.892. The predicted octanol–water partition coefficient (Wildman–Crippen LogP) is 4.21. The zero-order valence-electron chi connectivity index (χ0n) is 13.0. The summed E-state index contributed by atoms with van der Waals surface area (Å²) in [5.41, 5.74) is 1.94. The Bertz CT molecular complexity index is 650. The molecule has 1 aromatic heterocycles. The SMILES string of the molecule is C/C=C/c1ccccc1Oc1nc(CC)nc(NC)c1C. The van der Waals surface area contributed by atoms with Crippen LogP contribution in [-0.2, 0) is 6.42 Å². The minimum absolute atomic E-state index is 0.600. The largest absolute Gasteiger partial charge is 0.438 e. The highest BCUT2D eigenvalue weighted by Gasteiger charge is 2.12. The third-order valence-corrected chi connectivity index (χ3v) is 3.17. The molecule has 0 spiro atoms. The molecule has 0 aliphatic heterocycles. The van der Waals surface area contributed by atoms with E-state index in [2.05, 4.69) is 15.3 Å². The average Bonchev–Trinajstić information content (AvgIpc) is 2.51. The van der Waals surface area contributed by atoms with Gasteiger partial charge in [0.1, 0.15) is 17.4 Å². The highest BCUT2D eigenvalue weighted by Crippen LogP contribution is 2.29. The molecular formula is C17H21N3O. The fraction of sp³-hybridized carbons (Fsp3) is 0.294. The number of rotatable bonds is 5. The summed E-state index contributed by atoms with van der Waals surface area (Å²) in [5.74, 6) is 2.97. The van der Waals surface area contributed by atoms with Gasteiger partial charge in [-0.05, 0) is 19.9 Å². The minimum Gasteiger partial charge on any atom is -0.438 e. The molecule has 0 saturated heterocycles. The van der Waals surface area contributed by atoms with Gasteiger partial charge in [0.25, 0.3) is 0 Å². The van der Waals surface area contributed by atoms with Gasteiger partial charge in [-0.1, -0.05) is 37.3 Å². The Labute approximate surface area is 125 Å². The van der Waals surface area contributed by atoms with E-state index in [1.54, 1.807) is 0 Å². The molecule has 1 heterocycles. The first-order chi connectivity index (χ1) is 10.2. The van der Waals surface area contributed by atoms with Gasteiger partial charge >= 0.3 is 0 Å². The van der Waals surface area contributed by atoms with Gasteiger partial charge in [-0.25, -0.2) is 4.98 Å². The molecule has 21 heavy (non-hydrogen) atoms. The number of benzene rings is 1.